The first-order valence-electron chi connectivity index (χ1n) is 6.21. The topological polar surface area (TPSA) is 74.2 Å². The Morgan fingerprint density at radius 3 is 2.76 bits per heavy atom. The minimum Gasteiger partial charge on any atom is -0.496 e. The highest BCUT2D eigenvalue weighted by Gasteiger charge is 2.19. The average molecular weight is 346 g/mol. The van der Waals surface area contributed by atoms with Crippen LogP contribution in [0.4, 0.5) is 5.88 Å². The maximum atomic E-state index is 5.90. The molecule has 0 aliphatic carbocycles. The van der Waals surface area contributed by atoms with Crippen LogP contribution >= 0.6 is 15.9 Å². The van der Waals surface area contributed by atoms with Crippen LogP contribution in [0.3, 0.4) is 0 Å². The van der Waals surface area contributed by atoms with E-state index in [1.807, 2.05) is 36.4 Å². The van der Waals surface area contributed by atoms with E-state index in [4.69, 9.17) is 15.0 Å². The van der Waals surface area contributed by atoms with Crippen molar-refractivity contribution in [2.45, 2.75) is 0 Å². The van der Waals surface area contributed by atoms with E-state index in [2.05, 4.69) is 26.1 Å². The molecule has 6 heteroatoms. The molecule has 2 aromatic heterocycles. The summed E-state index contributed by atoms with van der Waals surface area (Å²) in [6.45, 7) is 0. The van der Waals surface area contributed by atoms with E-state index < -0.39 is 0 Å². The van der Waals surface area contributed by atoms with Gasteiger partial charge in [-0.05, 0) is 46.3 Å². The molecule has 3 rings (SSSR count). The Kier molecular flexibility index (Phi) is 3.62. The number of pyridine rings is 1. The maximum Gasteiger partial charge on any atom is 0.232 e. The molecule has 0 spiro atoms. The van der Waals surface area contributed by atoms with E-state index in [1.165, 1.54) is 0 Å². The Morgan fingerprint density at radius 1 is 1.24 bits per heavy atom. The minimum atomic E-state index is 0.246. The van der Waals surface area contributed by atoms with Gasteiger partial charge in [0.2, 0.25) is 5.88 Å². The van der Waals surface area contributed by atoms with Gasteiger partial charge in [0, 0.05) is 11.8 Å². The second kappa shape index (κ2) is 5.57. The van der Waals surface area contributed by atoms with Gasteiger partial charge < -0.3 is 15.0 Å². The number of anilines is 1. The molecule has 2 heterocycles. The molecule has 0 radical (unpaired) electrons. The van der Waals surface area contributed by atoms with Crippen molar-refractivity contribution in [2.24, 2.45) is 0 Å². The van der Waals surface area contributed by atoms with Crippen molar-refractivity contribution in [2.75, 3.05) is 12.8 Å². The molecule has 0 aliphatic heterocycles. The molecule has 0 saturated heterocycles. The third-order valence-electron chi connectivity index (χ3n) is 3.06. The molecule has 3 aromatic rings. The summed E-state index contributed by atoms with van der Waals surface area (Å²) < 4.78 is 11.2. The van der Waals surface area contributed by atoms with Crippen molar-refractivity contribution in [3.05, 3.63) is 47.1 Å². The molecule has 106 valence electrons. The highest BCUT2D eigenvalue weighted by molar-refractivity contribution is 9.10. The van der Waals surface area contributed by atoms with Gasteiger partial charge in [0.25, 0.3) is 0 Å². The quantitative estimate of drug-likeness (QED) is 0.782. The van der Waals surface area contributed by atoms with Crippen LogP contribution < -0.4 is 10.5 Å². The number of benzene rings is 1. The Morgan fingerprint density at radius 2 is 2.10 bits per heavy atom. The molecule has 0 atom stereocenters. The summed E-state index contributed by atoms with van der Waals surface area (Å²) in [6, 6.07) is 11.3. The Hall–Kier alpha value is -2.34. The summed E-state index contributed by atoms with van der Waals surface area (Å²) >= 11 is 3.46. The molecule has 0 unspecified atom stereocenters. The fraction of sp³-hybridized carbons (Fsp3) is 0.0667. The van der Waals surface area contributed by atoms with Gasteiger partial charge in [-0.1, -0.05) is 11.2 Å². The molecule has 0 aliphatic rings. The fourth-order valence-corrected chi connectivity index (χ4v) is 2.61. The summed E-state index contributed by atoms with van der Waals surface area (Å²) in [5, 5.41) is 4.06. The molecule has 0 amide bonds. The number of nitrogen functional groups attached to an aromatic ring is 1. The SMILES string of the molecule is COc1ccc(-c2noc(N)c2-c2ccccn2)cc1Br. The second-order valence-corrected chi connectivity index (χ2v) is 5.19. The molecule has 5 nitrogen and oxygen atoms in total. The van der Waals surface area contributed by atoms with Crippen molar-refractivity contribution in [1.29, 1.82) is 0 Å². The molecule has 1 aromatic carbocycles. The molecule has 21 heavy (non-hydrogen) atoms. The number of rotatable bonds is 3. The number of aromatic nitrogens is 2. The molecule has 2 N–H and O–H groups in total. The Balaban J connectivity index is 2.14. The lowest BCUT2D eigenvalue weighted by atomic mass is 10.0. The smallest absolute Gasteiger partial charge is 0.232 e. The van der Waals surface area contributed by atoms with Gasteiger partial charge in [0.15, 0.2) is 0 Å². The van der Waals surface area contributed by atoms with Crippen LogP contribution in [0.15, 0.2) is 51.6 Å². The average Bonchev–Trinajstić information content (AvgIpc) is 2.90. The Labute approximate surface area is 129 Å². The van der Waals surface area contributed by atoms with Crippen molar-refractivity contribution < 1.29 is 9.26 Å². The summed E-state index contributed by atoms with van der Waals surface area (Å²) in [5.74, 6) is 0.991. The number of methoxy groups -OCH3 is 1. The van der Waals surface area contributed by atoms with Crippen LogP contribution in [0.1, 0.15) is 0 Å². The van der Waals surface area contributed by atoms with Gasteiger partial charge in [-0.25, -0.2) is 0 Å². The van der Waals surface area contributed by atoms with Crippen LogP contribution in [-0.4, -0.2) is 17.3 Å². The van der Waals surface area contributed by atoms with Gasteiger partial charge in [-0.3, -0.25) is 4.98 Å². The largest absolute Gasteiger partial charge is 0.496 e. The lowest BCUT2D eigenvalue weighted by Gasteiger charge is -2.06. The van der Waals surface area contributed by atoms with E-state index >= 15 is 0 Å². The molecule has 0 fully saturated rings. The fourth-order valence-electron chi connectivity index (χ4n) is 2.07. The third-order valence-corrected chi connectivity index (χ3v) is 3.68. The first-order chi connectivity index (χ1) is 10.2. The Bertz CT molecular complexity index is 772. The van der Waals surface area contributed by atoms with Gasteiger partial charge in [0.1, 0.15) is 11.4 Å². The zero-order chi connectivity index (χ0) is 14.8. The van der Waals surface area contributed by atoms with Crippen molar-refractivity contribution in [3.63, 3.8) is 0 Å². The predicted octanol–water partition coefficient (Wildman–Crippen LogP) is 3.76. The van der Waals surface area contributed by atoms with Crippen molar-refractivity contribution >= 4 is 21.8 Å². The standard InChI is InChI=1S/C15H12BrN3O2/c1-20-12-6-5-9(8-10(12)16)14-13(15(17)21-19-14)11-4-2-3-7-18-11/h2-8H,17H2,1H3. The highest BCUT2D eigenvalue weighted by Crippen LogP contribution is 2.37. The van der Waals surface area contributed by atoms with Gasteiger partial charge in [-0.15, -0.1) is 0 Å². The predicted molar refractivity (Wildman–Crippen MR) is 83.8 cm³/mol. The third kappa shape index (κ3) is 2.50. The van der Waals surface area contributed by atoms with Gasteiger partial charge >= 0.3 is 0 Å². The van der Waals surface area contributed by atoms with Crippen LogP contribution in [0.2, 0.25) is 0 Å². The molecule has 0 bridgehead atoms. The molecular formula is C15H12BrN3O2. The van der Waals surface area contributed by atoms with Crippen LogP contribution in [0.25, 0.3) is 22.5 Å². The van der Waals surface area contributed by atoms with Crippen molar-refractivity contribution in [1.82, 2.24) is 10.1 Å². The minimum absolute atomic E-state index is 0.246. The van der Waals surface area contributed by atoms with E-state index in [9.17, 15) is 0 Å². The van der Waals surface area contributed by atoms with Crippen molar-refractivity contribution in [3.8, 4) is 28.3 Å². The summed E-state index contributed by atoms with van der Waals surface area (Å²) in [7, 11) is 1.62. The summed E-state index contributed by atoms with van der Waals surface area (Å²) in [4.78, 5) is 4.31. The van der Waals surface area contributed by atoms with Crippen LogP contribution in [0, 0.1) is 0 Å². The normalized spacial score (nSPS) is 10.6. The lowest BCUT2D eigenvalue weighted by Crippen LogP contribution is -1.90. The van der Waals surface area contributed by atoms with E-state index in [-0.39, 0.29) is 5.88 Å². The molecule has 0 saturated carbocycles. The van der Waals surface area contributed by atoms with Crippen LogP contribution in [0.5, 0.6) is 5.75 Å². The monoisotopic (exact) mass is 345 g/mol. The molecular weight excluding hydrogens is 334 g/mol. The van der Waals surface area contributed by atoms with E-state index in [0.29, 0.717) is 11.3 Å². The number of ether oxygens (including phenoxy) is 1. The number of hydrogen-bond donors (Lipinski definition) is 1. The second-order valence-electron chi connectivity index (χ2n) is 4.33. The number of hydrogen-bond acceptors (Lipinski definition) is 5. The number of halogens is 1. The lowest BCUT2D eigenvalue weighted by molar-refractivity contribution is 0.412. The maximum absolute atomic E-state index is 5.90. The van der Waals surface area contributed by atoms with E-state index in [1.54, 1.807) is 13.3 Å². The van der Waals surface area contributed by atoms with Gasteiger partial charge in [0.05, 0.1) is 22.8 Å². The summed E-state index contributed by atoms with van der Waals surface area (Å²) in [5.41, 5.74) is 8.82. The number of nitrogens with zero attached hydrogens (tertiary/aromatic N) is 2. The van der Waals surface area contributed by atoms with Gasteiger partial charge in [-0.2, -0.15) is 0 Å². The first kappa shape index (κ1) is 13.6. The number of nitrogens with two attached hydrogens (primary N) is 1. The van der Waals surface area contributed by atoms with Crippen LogP contribution in [-0.2, 0) is 0 Å². The highest BCUT2D eigenvalue weighted by atomic mass is 79.9. The summed E-state index contributed by atoms with van der Waals surface area (Å²) in [6.07, 6.45) is 1.70. The zero-order valence-corrected chi connectivity index (χ0v) is 12.8. The van der Waals surface area contributed by atoms with E-state index in [0.717, 1.165) is 21.5 Å². The zero-order valence-electron chi connectivity index (χ0n) is 11.2. The first-order valence-corrected chi connectivity index (χ1v) is 7.00.